The summed E-state index contributed by atoms with van der Waals surface area (Å²) in [7, 11) is 0. The molecule has 2 aromatic heterocycles. The lowest BCUT2D eigenvalue weighted by Gasteiger charge is -2.07. The van der Waals surface area contributed by atoms with Crippen LogP contribution in [0.1, 0.15) is 18.1 Å². The minimum absolute atomic E-state index is 0.0580. The smallest absolute Gasteiger partial charge is 0.159 e. The number of nitrogens with zero attached hydrogens (tertiary/aromatic N) is 2. The first kappa shape index (κ1) is 16.0. The fraction of sp³-hybridized carbons (Fsp3) is 0.167. The average molecular weight is 328 g/mol. The number of ketones is 1. The Kier molecular flexibility index (Phi) is 4.46. The number of ether oxygens (including phenoxy) is 1. The van der Waals surface area contributed by atoms with E-state index in [0.717, 1.165) is 17.7 Å². The number of pyridine rings is 2. The average Bonchev–Trinajstić information content (AvgIpc) is 2.55. The zero-order valence-corrected chi connectivity index (χ0v) is 12.9. The molecule has 0 N–H and O–H groups in total. The predicted molar refractivity (Wildman–Crippen MR) is 84.6 cm³/mol. The molecule has 0 saturated heterocycles. The van der Waals surface area contributed by atoms with Gasteiger partial charge in [0.25, 0.3) is 0 Å². The molecule has 0 aliphatic rings. The second-order valence-electron chi connectivity index (χ2n) is 5.47. The van der Waals surface area contributed by atoms with Crippen LogP contribution >= 0.6 is 0 Å². The van der Waals surface area contributed by atoms with Gasteiger partial charge in [0.05, 0.1) is 17.2 Å². The van der Waals surface area contributed by atoms with Crippen molar-refractivity contribution in [3.8, 4) is 5.75 Å². The monoisotopic (exact) mass is 328 g/mol. The maximum Gasteiger partial charge on any atom is 0.159 e. The van der Waals surface area contributed by atoms with Crippen molar-refractivity contribution >= 4 is 16.8 Å². The van der Waals surface area contributed by atoms with Gasteiger partial charge in [0.1, 0.15) is 18.1 Å². The summed E-state index contributed by atoms with van der Waals surface area (Å²) in [6.45, 7) is 1.61. The standard InChI is InChI=1S/C18H14F2N2O2/c1-11(23)4-13-6-17-18(21-8-13)7-14(9-22-17)24-10-12-2-3-15(19)16(20)5-12/h2-3,5-9H,4,10H2,1H3. The van der Waals surface area contributed by atoms with Gasteiger partial charge in [-0.25, -0.2) is 8.78 Å². The summed E-state index contributed by atoms with van der Waals surface area (Å²) in [6, 6.07) is 7.13. The van der Waals surface area contributed by atoms with E-state index in [9.17, 15) is 13.6 Å². The van der Waals surface area contributed by atoms with E-state index in [1.165, 1.54) is 19.2 Å². The number of fused-ring (bicyclic) bond motifs is 1. The van der Waals surface area contributed by atoms with E-state index in [4.69, 9.17) is 4.74 Å². The molecule has 0 aliphatic heterocycles. The van der Waals surface area contributed by atoms with Crippen molar-refractivity contribution in [1.29, 1.82) is 0 Å². The van der Waals surface area contributed by atoms with Crippen LogP contribution in [0.4, 0.5) is 8.78 Å². The quantitative estimate of drug-likeness (QED) is 0.718. The van der Waals surface area contributed by atoms with Crippen LogP contribution in [-0.2, 0) is 17.8 Å². The van der Waals surface area contributed by atoms with Gasteiger partial charge in [-0.1, -0.05) is 6.07 Å². The van der Waals surface area contributed by atoms with Crippen molar-refractivity contribution in [3.63, 3.8) is 0 Å². The molecular weight excluding hydrogens is 314 g/mol. The van der Waals surface area contributed by atoms with Gasteiger partial charge in [-0.05, 0) is 36.2 Å². The third-order valence-corrected chi connectivity index (χ3v) is 3.41. The molecule has 0 spiro atoms. The van der Waals surface area contributed by atoms with Crippen LogP contribution in [0.2, 0.25) is 0 Å². The lowest BCUT2D eigenvalue weighted by molar-refractivity contribution is -0.116. The molecule has 0 unspecified atom stereocenters. The topological polar surface area (TPSA) is 52.1 Å². The first-order valence-electron chi connectivity index (χ1n) is 7.32. The molecule has 0 fully saturated rings. The van der Waals surface area contributed by atoms with Crippen molar-refractivity contribution in [2.45, 2.75) is 20.0 Å². The lowest BCUT2D eigenvalue weighted by Crippen LogP contribution is -1.99. The first-order chi connectivity index (χ1) is 11.5. The molecule has 2 heterocycles. The first-order valence-corrected chi connectivity index (χ1v) is 7.32. The highest BCUT2D eigenvalue weighted by molar-refractivity contribution is 5.81. The lowest BCUT2D eigenvalue weighted by atomic mass is 10.1. The zero-order valence-electron chi connectivity index (χ0n) is 12.9. The summed E-state index contributed by atoms with van der Waals surface area (Å²) in [5, 5.41) is 0. The van der Waals surface area contributed by atoms with Crippen LogP contribution in [0.3, 0.4) is 0 Å². The zero-order chi connectivity index (χ0) is 17.1. The number of Topliss-reactive ketones (excluding diaryl/α,β-unsaturated/α-hetero) is 1. The maximum absolute atomic E-state index is 13.2. The highest BCUT2D eigenvalue weighted by Crippen LogP contribution is 2.19. The molecule has 0 atom stereocenters. The fourth-order valence-corrected chi connectivity index (χ4v) is 2.28. The summed E-state index contributed by atoms with van der Waals surface area (Å²) < 4.78 is 31.6. The summed E-state index contributed by atoms with van der Waals surface area (Å²) >= 11 is 0. The van der Waals surface area contributed by atoms with E-state index >= 15 is 0 Å². The van der Waals surface area contributed by atoms with Gasteiger partial charge in [0.15, 0.2) is 11.6 Å². The maximum atomic E-state index is 13.2. The van der Waals surface area contributed by atoms with Crippen molar-refractivity contribution in [2.24, 2.45) is 0 Å². The molecule has 0 radical (unpaired) electrons. The normalized spacial score (nSPS) is 10.8. The van der Waals surface area contributed by atoms with Crippen molar-refractivity contribution in [2.75, 3.05) is 0 Å². The largest absolute Gasteiger partial charge is 0.487 e. The van der Waals surface area contributed by atoms with Crippen LogP contribution in [0.5, 0.6) is 5.75 Å². The SMILES string of the molecule is CC(=O)Cc1cnc2cc(OCc3ccc(F)c(F)c3)cnc2c1. The Labute approximate surface area is 137 Å². The number of carbonyl (C=O) groups excluding carboxylic acids is 1. The van der Waals surface area contributed by atoms with Gasteiger partial charge in [0, 0.05) is 18.7 Å². The van der Waals surface area contributed by atoms with E-state index in [-0.39, 0.29) is 12.4 Å². The van der Waals surface area contributed by atoms with E-state index in [2.05, 4.69) is 9.97 Å². The van der Waals surface area contributed by atoms with Crippen LogP contribution in [0.15, 0.2) is 42.7 Å². The van der Waals surface area contributed by atoms with Gasteiger partial charge in [0.2, 0.25) is 0 Å². The molecule has 0 aliphatic carbocycles. The number of benzene rings is 1. The minimum Gasteiger partial charge on any atom is -0.487 e. The molecule has 6 heteroatoms. The van der Waals surface area contributed by atoms with Crippen molar-refractivity contribution in [3.05, 3.63) is 65.5 Å². The molecular formula is C18H14F2N2O2. The number of aromatic nitrogens is 2. The van der Waals surface area contributed by atoms with E-state index in [1.807, 2.05) is 6.07 Å². The van der Waals surface area contributed by atoms with E-state index < -0.39 is 11.6 Å². The Morgan fingerprint density at radius 3 is 2.50 bits per heavy atom. The molecule has 0 bridgehead atoms. The van der Waals surface area contributed by atoms with Crippen LogP contribution < -0.4 is 4.74 Å². The Balaban J connectivity index is 1.75. The van der Waals surface area contributed by atoms with Crippen molar-refractivity contribution < 1.29 is 18.3 Å². The molecule has 0 saturated carbocycles. The number of rotatable bonds is 5. The van der Waals surface area contributed by atoms with E-state index in [0.29, 0.717) is 28.8 Å². The minimum atomic E-state index is -0.910. The fourth-order valence-electron chi connectivity index (χ4n) is 2.28. The highest BCUT2D eigenvalue weighted by atomic mass is 19.2. The van der Waals surface area contributed by atoms with Crippen LogP contribution in [0.25, 0.3) is 11.0 Å². The van der Waals surface area contributed by atoms with Gasteiger partial charge in [-0.3, -0.25) is 14.8 Å². The van der Waals surface area contributed by atoms with Crippen LogP contribution in [0, 0.1) is 11.6 Å². The summed E-state index contributed by atoms with van der Waals surface area (Å²) in [5.41, 5.74) is 2.61. The third-order valence-electron chi connectivity index (χ3n) is 3.41. The Morgan fingerprint density at radius 2 is 1.75 bits per heavy atom. The highest BCUT2D eigenvalue weighted by Gasteiger charge is 2.06. The Hall–Kier alpha value is -2.89. The molecule has 0 amide bonds. The van der Waals surface area contributed by atoms with E-state index in [1.54, 1.807) is 12.3 Å². The second kappa shape index (κ2) is 6.70. The molecule has 3 aromatic rings. The number of hydrogen-bond donors (Lipinski definition) is 0. The van der Waals surface area contributed by atoms with Gasteiger partial charge < -0.3 is 4.74 Å². The van der Waals surface area contributed by atoms with Gasteiger partial charge in [-0.2, -0.15) is 0 Å². The van der Waals surface area contributed by atoms with Crippen LogP contribution in [-0.4, -0.2) is 15.8 Å². The predicted octanol–water partition coefficient (Wildman–Crippen LogP) is 3.62. The Morgan fingerprint density at radius 1 is 1.00 bits per heavy atom. The molecule has 3 rings (SSSR count). The molecule has 4 nitrogen and oxygen atoms in total. The molecule has 122 valence electrons. The third kappa shape index (κ3) is 3.71. The number of hydrogen-bond acceptors (Lipinski definition) is 4. The molecule has 24 heavy (non-hydrogen) atoms. The Bertz CT molecular complexity index is 913. The summed E-state index contributed by atoms with van der Waals surface area (Å²) in [6.07, 6.45) is 3.48. The summed E-state index contributed by atoms with van der Waals surface area (Å²) in [5.74, 6) is -1.27. The van der Waals surface area contributed by atoms with Gasteiger partial charge in [-0.15, -0.1) is 0 Å². The second-order valence-corrected chi connectivity index (χ2v) is 5.47. The number of halogens is 2. The summed E-state index contributed by atoms with van der Waals surface area (Å²) in [4.78, 5) is 19.7. The van der Waals surface area contributed by atoms with Gasteiger partial charge >= 0.3 is 0 Å². The van der Waals surface area contributed by atoms with Crippen molar-refractivity contribution in [1.82, 2.24) is 9.97 Å². The molecule has 1 aromatic carbocycles. The number of carbonyl (C=O) groups is 1.